The maximum Gasteiger partial charge on any atom is 0.309 e. The lowest BCUT2D eigenvalue weighted by Crippen LogP contribution is -2.51. The second-order valence-corrected chi connectivity index (χ2v) is 7.20. The first-order valence-corrected chi connectivity index (χ1v) is 8.62. The van der Waals surface area contributed by atoms with E-state index in [1.807, 2.05) is 23.9 Å². The molecule has 0 aromatic carbocycles. The summed E-state index contributed by atoms with van der Waals surface area (Å²) in [6.07, 6.45) is 0. The molecule has 0 radical (unpaired) electrons. The zero-order valence-corrected chi connectivity index (χ0v) is 14.7. The zero-order chi connectivity index (χ0) is 17.7. The molecule has 4 atom stereocenters. The predicted molar refractivity (Wildman–Crippen MR) is 90.1 cm³/mol. The third-order valence-corrected chi connectivity index (χ3v) is 5.05. The van der Waals surface area contributed by atoms with E-state index in [9.17, 15) is 19.8 Å². The maximum absolute atomic E-state index is 11.6. The lowest BCUT2D eigenvalue weighted by Gasteiger charge is -2.37. The molecule has 8 heteroatoms. The number of hydrogen-bond donors (Lipinski definition) is 2. The third kappa shape index (κ3) is 5.70. The van der Waals surface area contributed by atoms with Gasteiger partial charge in [-0.1, -0.05) is 0 Å². The third-order valence-electron chi connectivity index (χ3n) is 5.05. The quantitative estimate of drug-likeness (QED) is 0.653. The second-order valence-electron chi connectivity index (χ2n) is 7.20. The number of carbonyl (C=O) groups is 2. The molecule has 2 N–H and O–H groups in total. The summed E-state index contributed by atoms with van der Waals surface area (Å²) in [6, 6.07) is 0. The number of carboxylic acid groups (broad SMARTS) is 2. The Bertz CT molecular complexity index is 408. The van der Waals surface area contributed by atoms with Gasteiger partial charge in [-0.3, -0.25) is 19.4 Å². The Labute approximate surface area is 143 Å². The first-order valence-electron chi connectivity index (χ1n) is 8.62. The number of aliphatic carboxylic acids is 2. The van der Waals surface area contributed by atoms with Gasteiger partial charge in [0.05, 0.1) is 11.8 Å². The molecule has 2 aliphatic heterocycles. The second kappa shape index (κ2) is 8.75. The van der Waals surface area contributed by atoms with Crippen LogP contribution in [0.5, 0.6) is 0 Å². The van der Waals surface area contributed by atoms with Gasteiger partial charge in [-0.25, -0.2) is 0 Å². The molecule has 2 rings (SSSR count). The van der Waals surface area contributed by atoms with E-state index in [2.05, 4.69) is 9.80 Å². The number of nitrogens with zero attached hydrogens (tertiary/aromatic N) is 4. The minimum absolute atomic E-state index is 0.387. The molecule has 0 amide bonds. The van der Waals surface area contributed by atoms with Crippen LogP contribution >= 0.6 is 0 Å². The largest absolute Gasteiger partial charge is 0.481 e. The van der Waals surface area contributed by atoms with Gasteiger partial charge in [0.15, 0.2) is 0 Å². The molecule has 0 saturated carbocycles. The molecule has 4 unspecified atom stereocenters. The Balaban J connectivity index is 2.15. The van der Waals surface area contributed by atoms with Crippen molar-refractivity contribution in [2.45, 2.75) is 0 Å². The molecule has 2 saturated heterocycles. The van der Waals surface area contributed by atoms with E-state index in [0.717, 1.165) is 39.3 Å². The molecule has 138 valence electrons. The van der Waals surface area contributed by atoms with Crippen molar-refractivity contribution in [1.82, 2.24) is 19.6 Å². The minimum Gasteiger partial charge on any atom is -0.481 e. The van der Waals surface area contributed by atoms with E-state index in [-0.39, 0.29) is 11.8 Å². The molecule has 0 aliphatic carbocycles. The smallest absolute Gasteiger partial charge is 0.309 e. The first-order chi connectivity index (χ1) is 11.3. The maximum atomic E-state index is 11.6. The van der Waals surface area contributed by atoms with Crippen molar-refractivity contribution in [3.8, 4) is 0 Å². The Morgan fingerprint density at radius 2 is 1.00 bits per heavy atom. The van der Waals surface area contributed by atoms with E-state index in [4.69, 9.17) is 0 Å². The van der Waals surface area contributed by atoms with Gasteiger partial charge in [0.1, 0.15) is 0 Å². The van der Waals surface area contributed by atoms with Gasteiger partial charge in [-0.05, 0) is 14.1 Å². The molecule has 2 heterocycles. The van der Waals surface area contributed by atoms with Crippen molar-refractivity contribution >= 4 is 11.9 Å². The molecule has 24 heavy (non-hydrogen) atoms. The van der Waals surface area contributed by atoms with Gasteiger partial charge in [0, 0.05) is 65.4 Å². The van der Waals surface area contributed by atoms with Crippen molar-refractivity contribution in [3.63, 3.8) is 0 Å². The fourth-order valence-corrected chi connectivity index (χ4v) is 3.48. The average Bonchev–Trinajstić information content (AvgIpc) is 2.52. The van der Waals surface area contributed by atoms with Crippen LogP contribution in [0.4, 0.5) is 0 Å². The molecular formula is C16H30N4O4. The summed E-state index contributed by atoms with van der Waals surface area (Å²) < 4.78 is 0. The monoisotopic (exact) mass is 342 g/mol. The summed E-state index contributed by atoms with van der Waals surface area (Å²) in [4.78, 5) is 31.6. The number of rotatable bonds is 2. The SMILES string of the molecule is CN1CCN2CCN(CCN(C)CC(C(=O)O)C2)CC(C(=O)O)C1. The van der Waals surface area contributed by atoms with Crippen LogP contribution in [0.2, 0.25) is 0 Å². The van der Waals surface area contributed by atoms with Crippen molar-refractivity contribution in [2.24, 2.45) is 11.8 Å². The Morgan fingerprint density at radius 3 is 1.33 bits per heavy atom. The van der Waals surface area contributed by atoms with Crippen LogP contribution in [-0.2, 0) is 9.59 Å². The molecule has 0 aromatic heterocycles. The van der Waals surface area contributed by atoms with Crippen molar-refractivity contribution in [3.05, 3.63) is 0 Å². The van der Waals surface area contributed by atoms with E-state index in [1.165, 1.54) is 0 Å². The van der Waals surface area contributed by atoms with Crippen LogP contribution in [0, 0.1) is 11.8 Å². The molecule has 0 spiro atoms. The first kappa shape index (κ1) is 19.1. The summed E-state index contributed by atoms with van der Waals surface area (Å²) in [6.45, 7) is 6.76. The summed E-state index contributed by atoms with van der Waals surface area (Å²) >= 11 is 0. The van der Waals surface area contributed by atoms with E-state index >= 15 is 0 Å². The highest BCUT2D eigenvalue weighted by atomic mass is 16.4. The van der Waals surface area contributed by atoms with Gasteiger partial charge < -0.3 is 20.0 Å². The van der Waals surface area contributed by atoms with Gasteiger partial charge in [-0.2, -0.15) is 0 Å². The van der Waals surface area contributed by atoms with Crippen molar-refractivity contribution < 1.29 is 19.8 Å². The highest BCUT2D eigenvalue weighted by Crippen LogP contribution is 2.11. The normalized spacial score (nSPS) is 34.6. The molecule has 2 fully saturated rings. The van der Waals surface area contributed by atoms with E-state index < -0.39 is 11.9 Å². The molecule has 2 bridgehead atoms. The standard InChI is InChI=1S/C16H30N4O4/c1-17-3-5-19-7-8-20(11-13(9-17)15(21)22)6-4-18(2)10-14(12-19)16(23)24/h13-14H,3-12H2,1-2H3,(H,21,22)(H,23,24). The Kier molecular flexibility index (Phi) is 6.97. The number of carboxylic acids is 2. The summed E-state index contributed by atoms with van der Waals surface area (Å²) in [5.74, 6) is -2.26. The van der Waals surface area contributed by atoms with E-state index in [0.29, 0.717) is 26.2 Å². The molecule has 2 aliphatic rings. The fraction of sp³-hybridized carbons (Fsp3) is 0.875. The molecular weight excluding hydrogens is 312 g/mol. The van der Waals surface area contributed by atoms with Gasteiger partial charge >= 0.3 is 11.9 Å². The van der Waals surface area contributed by atoms with Crippen LogP contribution in [0.15, 0.2) is 0 Å². The summed E-state index contributed by atoms with van der Waals surface area (Å²) in [5, 5.41) is 19.0. The number of hydrogen-bond acceptors (Lipinski definition) is 6. The highest BCUT2D eigenvalue weighted by molar-refractivity contribution is 5.71. The predicted octanol–water partition coefficient (Wildman–Crippen LogP) is -1.12. The molecule has 0 aromatic rings. The van der Waals surface area contributed by atoms with E-state index in [1.54, 1.807) is 0 Å². The summed E-state index contributed by atoms with van der Waals surface area (Å²) in [5.41, 5.74) is 0. The van der Waals surface area contributed by atoms with Crippen LogP contribution in [0.3, 0.4) is 0 Å². The van der Waals surface area contributed by atoms with Gasteiger partial charge in [0.2, 0.25) is 0 Å². The lowest BCUT2D eigenvalue weighted by molar-refractivity contribution is -0.145. The Hall–Kier alpha value is -1.22. The lowest BCUT2D eigenvalue weighted by atomic mass is 10.1. The van der Waals surface area contributed by atoms with Crippen LogP contribution < -0.4 is 0 Å². The zero-order valence-electron chi connectivity index (χ0n) is 14.7. The minimum atomic E-state index is -0.740. The van der Waals surface area contributed by atoms with Gasteiger partial charge in [-0.15, -0.1) is 0 Å². The number of fused-ring (bicyclic) bond motifs is 3. The van der Waals surface area contributed by atoms with Crippen molar-refractivity contribution in [2.75, 3.05) is 79.5 Å². The Morgan fingerprint density at radius 1 is 0.667 bits per heavy atom. The summed E-state index contributed by atoms with van der Waals surface area (Å²) in [7, 11) is 3.88. The topological polar surface area (TPSA) is 87.6 Å². The fourth-order valence-electron chi connectivity index (χ4n) is 3.48. The van der Waals surface area contributed by atoms with Crippen LogP contribution in [-0.4, -0.2) is 121 Å². The average molecular weight is 342 g/mol. The van der Waals surface area contributed by atoms with Crippen LogP contribution in [0.1, 0.15) is 0 Å². The highest BCUT2D eigenvalue weighted by Gasteiger charge is 2.28. The van der Waals surface area contributed by atoms with Crippen LogP contribution in [0.25, 0.3) is 0 Å². The van der Waals surface area contributed by atoms with Crippen molar-refractivity contribution in [1.29, 1.82) is 0 Å². The number of likely N-dealkylation sites (N-methyl/N-ethyl adjacent to an activating group) is 2. The van der Waals surface area contributed by atoms with Gasteiger partial charge in [0.25, 0.3) is 0 Å². The molecule has 8 nitrogen and oxygen atoms in total.